The van der Waals surface area contributed by atoms with Crippen molar-refractivity contribution >= 4 is 52.4 Å². The molecule has 4 amide bonds. The van der Waals surface area contributed by atoms with Crippen molar-refractivity contribution in [3.8, 4) is 22.3 Å². The molecule has 71 heavy (non-hydrogen) atoms. The first-order valence-electron chi connectivity index (χ1n) is 24.0. The predicted molar refractivity (Wildman–Crippen MR) is 268 cm³/mol. The number of nitrogens with one attached hydrogen (secondary N) is 3. The SMILES string of the molecule is Cc1ncsc1-c1ccc([C@H](O)NC(=O)[C@@H]2C[C@@H](O)CN2C(=O)[C@@H](NC(=O)COCCN2C[C@H]3C[C@@H]2CN3c2ccc(C(=O)NC3C(C)(C)C(Oc4ccc(C#N)c(Cl)c4)C3(C)C)cn2)C(C)(C)C)cc1. The number of ether oxygens (including phenoxy) is 2. The van der Waals surface area contributed by atoms with Crippen LogP contribution in [0.15, 0.2) is 66.3 Å². The van der Waals surface area contributed by atoms with Crippen molar-refractivity contribution in [2.45, 2.75) is 117 Å². The fourth-order valence-electron chi connectivity index (χ4n) is 11.2. The lowest BCUT2D eigenvalue weighted by atomic mass is 9.49. The second-order valence-corrected chi connectivity index (χ2v) is 22.8. The first-order valence-corrected chi connectivity index (χ1v) is 25.3. The molecule has 1 saturated carbocycles. The Hall–Kier alpha value is -5.68. The highest BCUT2D eigenvalue weighted by molar-refractivity contribution is 7.13. The van der Waals surface area contributed by atoms with Crippen molar-refractivity contribution < 1.29 is 38.9 Å². The minimum atomic E-state index is -1.35. The molecule has 5 heterocycles. The van der Waals surface area contributed by atoms with E-state index in [1.165, 1.54) is 16.2 Å². The molecule has 6 atom stereocenters. The van der Waals surface area contributed by atoms with Crippen LogP contribution in [0.25, 0.3) is 10.4 Å². The van der Waals surface area contributed by atoms with Gasteiger partial charge in [0.1, 0.15) is 42.4 Å². The molecule has 1 aliphatic carbocycles. The fraction of sp³-hybridized carbons (Fsp3) is 0.519. The van der Waals surface area contributed by atoms with Gasteiger partial charge in [-0.2, -0.15) is 5.26 Å². The number of thiazole rings is 1. The van der Waals surface area contributed by atoms with Crippen molar-refractivity contribution in [2.24, 2.45) is 16.2 Å². The summed E-state index contributed by atoms with van der Waals surface area (Å²) < 4.78 is 12.2. The minimum absolute atomic E-state index is 0.0172. The van der Waals surface area contributed by atoms with E-state index in [9.17, 15) is 34.7 Å². The van der Waals surface area contributed by atoms with E-state index < -0.39 is 58.4 Å². The van der Waals surface area contributed by atoms with Gasteiger partial charge in [0.2, 0.25) is 17.7 Å². The summed E-state index contributed by atoms with van der Waals surface area (Å²) in [5.74, 6) is -0.444. The number of aliphatic hydroxyl groups excluding tert-OH is 2. The second-order valence-electron chi connectivity index (χ2n) is 21.5. The number of fused-ring (bicyclic) bond motifs is 2. The molecule has 3 aliphatic heterocycles. The predicted octanol–water partition coefficient (Wildman–Crippen LogP) is 5.23. The molecule has 2 bridgehead atoms. The summed E-state index contributed by atoms with van der Waals surface area (Å²) in [7, 11) is 0. The molecule has 17 nitrogen and oxygen atoms in total. The van der Waals surface area contributed by atoms with E-state index in [0.29, 0.717) is 40.6 Å². The number of aromatic nitrogens is 2. The summed E-state index contributed by atoms with van der Waals surface area (Å²) in [5, 5.41) is 39.8. The van der Waals surface area contributed by atoms with Crippen LogP contribution in [0.4, 0.5) is 5.82 Å². The van der Waals surface area contributed by atoms with Crippen LogP contribution in [-0.2, 0) is 19.1 Å². The number of carbonyl (C=O) groups is 4. The molecule has 0 unspecified atom stereocenters. The number of nitriles is 1. The zero-order valence-electron chi connectivity index (χ0n) is 41.4. The van der Waals surface area contributed by atoms with E-state index in [1.807, 2.05) is 52.0 Å². The molecule has 378 valence electrons. The van der Waals surface area contributed by atoms with Crippen molar-refractivity contribution in [1.82, 2.24) is 35.7 Å². The molecule has 4 aliphatic rings. The lowest BCUT2D eigenvalue weighted by Crippen LogP contribution is -2.74. The number of piperazine rings is 1. The van der Waals surface area contributed by atoms with Gasteiger partial charge in [0.25, 0.3) is 5.91 Å². The summed E-state index contributed by atoms with van der Waals surface area (Å²) in [6, 6.07) is 16.2. The maximum Gasteiger partial charge on any atom is 0.253 e. The highest BCUT2D eigenvalue weighted by Crippen LogP contribution is 2.55. The number of hydrogen-bond acceptors (Lipinski definition) is 14. The number of anilines is 1. The molecule has 4 fully saturated rings. The quantitative estimate of drug-likeness (QED) is 0.0718. The normalized spacial score (nSPS) is 24.1. The van der Waals surface area contributed by atoms with Crippen LogP contribution in [0.2, 0.25) is 5.02 Å². The maximum absolute atomic E-state index is 14.1. The Morgan fingerprint density at radius 2 is 1.70 bits per heavy atom. The molecule has 0 radical (unpaired) electrons. The molecular weight excluding hydrogens is 946 g/mol. The number of likely N-dealkylation sites (tertiary alicyclic amines) is 2. The van der Waals surface area contributed by atoms with E-state index in [1.54, 1.807) is 42.0 Å². The standard InChI is InChI=1S/C52H64ClN9O8S/c1-29-42(71-28-56-29)30-9-11-31(12-10-30)44(65)58-46(67)39-20-36(63)26-62(39)47(68)43(50(2,3)4)57-41(64)27-69-18-17-60-24-35-19-34(60)25-61(35)40-16-14-33(23-55-40)45(66)59-48-51(5,6)49(52(48,7)8)70-37-15-13-32(22-54)38(53)21-37/h9-16,21,23,28,34-36,39,43-44,48-49,63,65H,17-20,24-27H2,1-8H3,(H,57,64)(H,58,67)(H,59,66)/t34-,35-,36-,39+,43-,44+,48?,49?/m1/s1. The number of rotatable bonds is 16. The van der Waals surface area contributed by atoms with Crippen LogP contribution in [0.1, 0.15) is 94.7 Å². The Bertz CT molecular complexity index is 2650. The monoisotopic (exact) mass is 1010 g/mol. The Kier molecular flexibility index (Phi) is 14.9. The Morgan fingerprint density at radius 3 is 2.31 bits per heavy atom. The molecule has 5 N–H and O–H groups in total. The molecule has 0 spiro atoms. The summed E-state index contributed by atoms with van der Waals surface area (Å²) in [4.78, 5) is 70.4. The van der Waals surface area contributed by atoms with Gasteiger partial charge in [-0.05, 0) is 48.6 Å². The molecule has 8 rings (SSSR count). The average Bonchev–Trinajstić information content (AvgIpc) is 4.14. The number of halogens is 1. The minimum Gasteiger partial charge on any atom is -0.489 e. The lowest BCUT2D eigenvalue weighted by Gasteiger charge is -2.63. The van der Waals surface area contributed by atoms with E-state index in [-0.39, 0.29) is 49.7 Å². The van der Waals surface area contributed by atoms with Crippen molar-refractivity contribution in [3.63, 3.8) is 0 Å². The zero-order valence-corrected chi connectivity index (χ0v) is 43.0. The van der Waals surface area contributed by atoms with E-state index >= 15 is 0 Å². The topological polar surface area (TPSA) is 223 Å². The van der Waals surface area contributed by atoms with E-state index in [2.05, 4.69) is 64.5 Å². The first-order chi connectivity index (χ1) is 33.6. The van der Waals surface area contributed by atoms with Crippen molar-refractivity contribution in [2.75, 3.05) is 44.3 Å². The van der Waals surface area contributed by atoms with Gasteiger partial charge < -0.3 is 45.4 Å². The van der Waals surface area contributed by atoms with Gasteiger partial charge in [-0.25, -0.2) is 9.97 Å². The molecule has 2 aromatic heterocycles. The van der Waals surface area contributed by atoms with Gasteiger partial charge in [0.05, 0.1) is 44.9 Å². The van der Waals surface area contributed by atoms with Crippen LogP contribution in [0, 0.1) is 34.5 Å². The summed E-state index contributed by atoms with van der Waals surface area (Å²) in [5.41, 5.74) is 3.34. The number of pyridine rings is 1. The summed E-state index contributed by atoms with van der Waals surface area (Å²) in [6.07, 6.45) is 0.0216. The molecular formula is C52H64ClN9O8S. The third kappa shape index (κ3) is 10.8. The number of β-amino-alcohol motifs (C(OH)–C–C–N with tert-alkyl or cyclic N) is 1. The Balaban J connectivity index is 0.774. The summed E-state index contributed by atoms with van der Waals surface area (Å²) in [6.45, 7) is 17.7. The van der Waals surface area contributed by atoms with Crippen molar-refractivity contribution in [1.29, 1.82) is 5.26 Å². The zero-order chi connectivity index (χ0) is 51.2. The highest BCUT2D eigenvalue weighted by Gasteiger charge is 2.64. The average molecular weight is 1010 g/mol. The number of aryl methyl sites for hydroxylation is 1. The third-order valence-electron chi connectivity index (χ3n) is 14.6. The maximum atomic E-state index is 14.1. The van der Waals surface area contributed by atoms with Crippen molar-refractivity contribution in [3.05, 3.63) is 93.7 Å². The number of aliphatic hydroxyl groups is 2. The Morgan fingerprint density at radius 1 is 0.972 bits per heavy atom. The molecule has 4 aromatic rings. The lowest BCUT2D eigenvalue weighted by molar-refractivity contribution is -0.164. The molecule has 2 aromatic carbocycles. The number of carbonyl (C=O) groups excluding carboxylic acids is 4. The highest BCUT2D eigenvalue weighted by atomic mass is 35.5. The van der Waals surface area contributed by atoms with Crippen LogP contribution >= 0.6 is 22.9 Å². The Labute approximate surface area is 423 Å². The number of amides is 4. The number of nitrogens with zero attached hydrogens (tertiary/aromatic N) is 6. The largest absolute Gasteiger partial charge is 0.489 e. The number of benzene rings is 2. The van der Waals surface area contributed by atoms with Gasteiger partial charge >= 0.3 is 0 Å². The van der Waals surface area contributed by atoms with Gasteiger partial charge in [-0.1, -0.05) is 84.3 Å². The van der Waals surface area contributed by atoms with Crippen LogP contribution in [-0.4, -0.2) is 135 Å². The van der Waals surface area contributed by atoms with Gasteiger partial charge in [-0.15, -0.1) is 11.3 Å². The second kappa shape index (κ2) is 20.4. The van der Waals surface area contributed by atoms with Crippen LogP contribution in [0.5, 0.6) is 5.75 Å². The fourth-order valence-corrected chi connectivity index (χ4v) is 12.2. The van der Waals surface area contributed by atoms with E-state index in [4.69, 9.17) is 26.1 Å². The smallest absolute Gasteiger partial charge is 0.253 e. The van der Waals surface area contributed by atoms with Gasteiger partial charge in [0.15, 0.2) is 6.23 Å². The number of hydrogen-bond donors (Lipinski definition) is 5. The first kappa shape index (κ1) is 51.7. The molecule has 3 saturated heterocycles. The third-order valence-corrected chi connectivity index (χ3v) is 15.9. The van der Waals surface area contributed by atoms with Crippen LogP contribution in [0.3, 0.4) is 0 Å². The summed E-state index contributed by atoms with van der Waals surface area (Å²) >= 11 is 7.77. The van der Waals surface area contributed by atoms with Crippen LogP contribution < -0.4 is 25.6 Å². The van der Waals surface area contributed by atoms with E-state index in [0.717, 1.165) is 41.5 Å². The van der Waals surface area contributed by atoms with Gasteiger partial charge in [-0.3, -0.25) is 24.1 Å². The molecule has 19 heteroatoms. The van der Waals surface area contributed by atoms with Gasteiger partial charge in [0, 0.05) is 79.4 Å².